The van der Waals surface area contributed by atoms with Gasteiger partial charge >= 0.3 is 5.76 Å². The molecular formula is C7H6ClF2NO4S2. The number of hydrogen-bond acceptors (Lipinski definition) is 4. The zero-order chi connectivity index (χ0) is 13.3. The molecule has 0 saturated heterocycles. The van der Waals surface area contributed by atoms with Gasteiger partial charge in [0.25, 0.3) is 19.1 Å². The van der Waals surface area contributed by atoms with Gasteiger partial charge in [-0.05, 0) is 24.3 Å². The Labute approximate surface area is 101 Å². The highest BCUT2D eigenvalue weighted by molar-refractivity contribution is 8.13. The first-order valence-electron chi connectivity index (χ1n) is 3.97. The molecule has 1 aromatic carbocycles. The van der Waals surface area contributed by atoms with Crippen molar-refractivity contribution in [2.24, 2.45) is 0 Å². The first kappa shape index (κ1) is 14.1. The van der Waals surface area contributed by atoms with Crippen LogP contribution in [0, 0.1) is 0 Å². The first-order chi connectivity index (χ1) is 7.63. The van der Waals surface area contributed by atoms with Gasteiger partial charge < -0.3 is 0 Å². The average Bonchev–Trinajstić information content (AvgIpc) is 2.16. The van der Waals surface area contributed by atoms with Gasteiger partial charge in [0.15, 0.2) is 0 Å². The summed E-state index contributed by atoms with van der Waals surface area (Å²) in [6, 6.07) is 4.00. The van der Waals surface area contributed by atoms with E-state index in [9.17, 15) is 25.6 Å². The summed E-state index contributed by atoms with van der Waals surface area (Å²) in [5.74, 6) is -3.57. The van der Waals surface area contributed by atoms with Crippen molar-refractivity contribution in [1.82, 2.24) is 0 Å². The number of benzene rings is 1. The summed E-state index contributed by atoms with van der Waals surface area (Å²) in [6.07, 6.45) is 0. The van der Waals surface area contributed by atoms with Crippen LogP contribution in [0.15, 0.2) is 29.2 Å². The number of anilines is 1. The minimum atomic E-state index is -4.77. The largest absolute Gasteiger partial charge is 0.355 e. The van der Waals surface area contributed by atoms with Crippen molar-refractivity contribution >= 4 is 35.4 Å². The van der Waals surface area contributed by atoms with Crippen molar-refractivity contribution in [3.63, 3.8) is 0 Å². The highest BCUT2D eigenvalue weighted by Crippen LogP contribution is 2.19. The molecular weight excluding hydrogens is 300 g/mol. The van der Waals surface area contributed by atoms with Crippen molar-refractivity contribution in [3.05, 3.63) is 24.3 Å². The summed E-state index contributed by atoms with van der Waals surface area (Å²) in [6.45, 7) is 0. The van der Waals surface area contributed by atoms with Crippen molar-refractivity contribution in [1.29, 1.82) is 0 Å². The second kappa shape index (κ2) is 4.75. The van der Waals surface area contributed by atoms with E-state index in [4.69, 9.17) is 10.7 Å². The first-order valence-corrected chi connectivity index (χ1v) is 7.83. The van der Waals surface area contributed by atoms with Gasteiger partial charge in [0.1, 0.15) is 0 Å². The Hall–Kier alpha value is -0.930. The molecule has 96 valence electrons. The summed E-state index contributed by atoms with van der Waals surface area (Å²) in [7, 11) is -3.69. The molecule has 1 rings (SSSR count). The van der Waals surface area contributed by atoms with Crippen LogP contribution in [0.1, 0.15) is 0 Å². The Kier molecular flexibility index (Phi) is 3.95. The molecule has 0 unspecified atom stereocenters. The summed E-state index contributed by atoms with van der Waals surface area (Å²) in [5.41, 5.74) is -0.186. The van der Waals surface area contributed by atoms with Crippen molar-refractivity contribution < 1.29 is 25.6 Å². The van der Waals surface area contributed by atoms with Crippen LogP contribution in [-0.2, 0) is 19.1 Å². The molecule has 17 heavy (non-hydrogen) atoms. The van der Waals surface area contributed by atoms with Crippen LogP contribution < -0.4 is 4.72 Å². The highest BCUT2D eigenvalue weighted by Gasteiger charge is 2.23. The van der Waals surface area contributed by atoms with Gasteiger partial charge in [-0.1, -0.05) is 0 Å². The van der Waals surface area contributed by atoms with Gasteiger partial charge in [-0.2, -0.15) is 8.78 Å². The lowest BCUT2D eigenvalue weighted by atomic mass is 10.3. The molecule has 0 heterocycles. The lowest BCUT2D eigenvalue weighted by Crippen LogP contribution is -2.20. The number of halogens is 3. The lowest BCUT2D eigenvalue weighted by Gasteiger charge is -2.06. The topological polar surface area (TPSA) is 80.3 Å². The third-order valence-electron chi connectivity index (χ3n) is 1.63. The van der Waals surface area contributed by atoms with Gasteiger partial charge in [-0.3, -0.25) is 4.72 Å². The van der Waals surface area contributed by atoms with Crippen molar-refractivity contribution in [2.45, 2.75) is 10.7 Å². The third kappa shape index (κ3) is 3.79. The SMILES string of the molecule is O=S(=O)(Cl)c1ccc(NS(=O)(=O)C(F)F)cc1. The van der Waals surface area contributed by atoms with E-state index in [2.05, 4.69) is 0 Å². The van der Waals surface area contributed by atoms with E-state index in [1.165, 1.54) is 0 Å². The maximum Gasteiger partial charge on any atom is 0.355 e. The summed E-state index contributed by atoms with van der Waals surface area (Å²) in [5, 5.41) is 0. The van der Waals surface area contributed by atoms with E-state index in [1.54, 1.807) is 4.72 Å². The van der Waals surface area contributed by atoms with Gasteiger partial charge in [-0.15, -0.1) is 0 Å². The van der Waals surface area contributed by atoms with Crippen LogP contribution in [-0.4, -0.2) is 22.6 Å². The molecule has 5 nitrogen and oxygen atoms in total. The Morgan fingerprint density at radius 1 is 1.06 bits per heavy atom. The Morgan fingerprint density at radius 3 is 1.88 bits per heavy atom. The maximum absolute atomic E-state index is 12.0. The van der Waals surface area contributed by atoms with E-state index in [0.717, 1.165) is 24.3 Å². The molecule has 0 aliphatic carbocycles. The van der Waals surface area contributed by atoms with Crippen LogP contribution in [0.25, 0.3) is 0 Å². The summed E-state index contributed by atoms with van der Waals surface area (Å²) >= 11 is 0. The zero-order valence-electron chi connectivity index (χ0n) is 7.97. The molecule has 0 bridgehead atoms. The Bertz CT molecular complexity index is 597. The molecule has 0 aliphatic heterocycles. The molecule has 0 aliphatic rings. The molecule has 0 amide bonds. The van der Waals surface area contributed by atoms with Gasteiger partial charge in [0, 0.05) is 16.4 Å². The average molecular weight is 306 g/mol. The molecule has 1 aromatic rings. The van der Waals surface area contributed by atoms with E-state index < -0.39 is 24.8 Å². The minimum absolute atomic E-state index is 0.186. The van der Waals surface area contributed by atoms with E-state index in [-0.39, 0.29) is 10.6 Å². The van der Waals surface area contributed by atoms with E-state index in [1.807, 2.05) is 0 Å². The van der Waals surface area contributed by atoms with Gasteiger partial charge in [0.05, 0.1) is 4.90 Å². The zero-order valence-corrected chi connectivity index (χ0v) is 10.4. The normalized spacial score (nSPS) is 12.7. The molecule has 0 saturated carbocycles. The fraction of sp³-hybridized carbons (Fsp3) is 0.143. The van der Waals surface area contributed by atoms with E-state index in [0.29, 0.717) is 0 Å². The van der Waals surface area contributed by atoms with Crippen LogP contribution in [0.3, 0.4) is 0 Å². The molecule has 0 radical (unpaired) electrons. The summed E-state index contributed by atoms with van der Waals surface area (Å²) in [4.78, 5) is -0.265. The molecule has 0 fully saturated rings. The maximum atomic E-state index is 12.0. The highest BCUT2D eigenvalue weighted by atomic mass is 35.7. The van der Waals surface area contributed by atoms with Gasteiger partial charge in [-0.25, -0.2) is 16.8 Å². The molecule has 1 N–H and O–H groups in total. The van der Waals surface area contributed by atoms with E-state index >= 15 is 0 Å². The predicted octanol–water partition coefficient (Wildman–Crippen LogP) is 1.58. The molecule has 10 heteroatoms. The molecule has 0 atom stereocenters. The second-order valence-electron chi connectivity index (χ2n) is 2.87. The number of rotatable bonds is 4. The second-order valence-corrected chi connectivity index (χ2v) is 7.09. The summed E-state index contributed by atoms with van der Waals surface area (Å²) < 4.78 is 68.8. The van der Waals surface area contributed by atoms with Gasteiger partial charge in [0.2, 0.25) is 0 Å². The third-order valence-corrected chi connectivity index (χ3v) is 3.99. The standard InChI is InChI=1S/C7H6ClF2NO4S2/c8-16(12,13)6-3-1-5(2-4-6)11-17(14,15)7(9)10/h1-4,7,11H. The Balaban J connectivity index is 2.98. The fourth-order valence-corrected chi connectivity index (χ4v) is 2.22. The molecule has 0 aromatic heterocycles. The lowest BCUT2D eigenvalue weighted by molar-refractivity contribution is 0.236. The fourth-order valence-electron chi connectivity index (χ4n) is 0.894. The molecule has 0 spiro atoms. The number of hydrogen-bond donors (Lipinski definition) is 1. The van der Waals surface area contributed by atoms with Crippen LogP contribution in [0.4, 0.5) is 14.5 Å². The number of alkyl halides is 2. The van der Waals surface area contributed by atoms with Crippen LogP contribution in [0.2, 0.25) is 0 Å². The van der Waals surface area contributed by atoms with Crippen molar-refractivity contribution in [3.8, 4) is 0 Å². The van der Waals surface area contributed by atoms with Crippen LogP contribution in [0.5, 0.6) is 0 Å². The Morgan fingerprint density at radius 2 is 1.53 bits per heavy atom. The number of sulfonamides is 1. The monoisotopic (exact) mass is 305 g/mol. The predicted molar refractivity (Wildman–Crippen MR) is 58.0 cm³/mol. The quantitative estimate of drug-likeness (QED) is 0.856. The van der Waals surface area contributed by atoms with Crippen molar-refractivity contribution in [2.75, 3.05) is 4.72 Å². The number of nitrogens with one attached hydrogen (secondary N) is 1. The smallest absolute Gasteiger partial charge is 0.279 e. The minimum Gasteiger partial charge on any atom is -0.279 e. The van der Waals surface area contributed by atoms with Crippen LogP contribution >= 0.6 is 10.7 Å².